The van der Waals surface area contributed by atoms with Gasteiger partial charge in [0.25, 0.3) is 0 Å². The van der Waals surface area contributed by atoms with Crippen LogP contribution in [0.3, 0.4) is 0 Å². The summed E-state index contributed by atoms with van der Waals surface area (Å²) in [6.07, 6.45) is 2.46. The van der Waals surface area contributed by atoms with E-state index in [9.17, 15) is 0 Å². The maximum absolute atomic E-state index is 5.86. The lowest BCUT2D eigenvalue weighted by atomic mass is 10.0. The van der Waals surface area contributed by atoms with E-state index < -0.39 is 0 Å². The summed E-state index contributed by atoms with van der Waals surface area (Å²) in [6.45, 7) is 10.7. The number of likely N-dealkylation sites (N-methyl/N-ethyl adjacent to an activating group) is 1. The van der Waals surface area contributed by atoms with Crippen LogP contribution < -0.4 is 4.74 Å². The van der Waals surface area contributed by atoms with E-state index in [0.29, 0.717) is 12.0 Å². The van der Waals surface area contributed by atoms with Crippen LogP contribution in [0, 0.1) is 0 Å². The minimum absolute atomic E-state index is 0.562. The smallest absolute Gasteiger partial charge is 0.119 e. The van der Waals surface area contributed by atoms with Gasteiger partial charge in [-0.2, -0.15) is 0 Å². The number of allylic oxidation sites excluding steroid dienone is 1. The Balaban J connectivity index is 1.75. The summed E-state index contributed by atoms with van der Waals surface area (Å²) in [5.41, 5.74) is 4.65. The van der Waals surface area contributed by atoms with Gasteiger partial charge in [0.2, 0.25) is 0 Å². The molecule has 0 bridgehead atoms. The molecule has 0 saturated carbocycles. The molecule has 2 heteroatoms. The Bertz CT molecular complexity index is 487. The number of benzene rings is 1. The zero-order valence-electron chi connectivity index (χ0n) is 14.1. The van der Waals surface area contributed by atoms with Crippen LogP contribution in [-0.2, 0) is 0 Å². The predicted octanol–water partition coefficient (Wildman–Crippen LogP) is 4.62. The van der Waals surface area contributed by atoms with Gasteiger partial charge in [-0.25, -0.2) is 0 Å². The molecule has 0 amide bonds. The molecular formula is C19H29NO. The first kappa shape index (κ1) is 16.1. The van der Waals surface area contributed by atoms with E-state index in [1.54, 1.807) is 11.1 Å². The largest absolute Gasteiger partial charge is 0.492 e. The van der Waals surface area contributed by atoms with Crippen molar-refractivity contribution in [3.63, 3.8) is 0 Å². The fraction of sp³-hybridized carbons (Fsp3) is 0.579. The van der Waals surface area contributed by atoms with E-state index in [-0.39, 0.29) is 0 Å². The quantitative estimate of drug-likeness (QED) is 0.647. The van der Waals surface area contributed by atoms with Crippen LogP contribution in [0.15, 0.2) is 35.4 Å². The SMILES string of the molecule is CCC1=C(C(C)N(C)CCOc2ccc(C(C)C)cc2)C1. The van der Waals surface area contributed by atoms with Gasteiger partial charge in [0.05, 0.1) is 0 Å². The molecule has 0 aliphatic heterocycles. The van der Waals surface area contributed by atoms with E-state index in [1.165, 1.54) is 18.4 Å². The van der Waals surface area contributed by atoms with Gasteiger partial charge in [-0.1, -0.05) is 38.5 Å². The fourth-order valence-corrected chi connectivity index (χ4v) is 2.70. The Morgan fingerprint density at radius 2 is 1.81 bits per heavy atom. The Labute approximate surface area is 129 Å². The van der Waals surface area contributed by atoms with Crippen LogP contribution in [-0.4, -0.2) is 31.1 Å². The molecule has 116 valence electrons. The third kappa shape index (κ3) is 4.34. The van der Waals surface area contributed by atoms with Crippen molar-refractivity contribution in [2.24, 2.45) is 0 Å². The molecule has 2 rings (SSSR count). The number of hydrogen-bond acceptors (Lipinski definition) is 2. The highest BCUT2D eigenvalue weighted by atomic mass is 16.5. The average molecular weight is 287 g/mol. The third-order valence-corrected chi connectivity index (χ3v) is 4.58. The molecule has 0 heterocycles. The second-order valence-electron chi connectivity index (χ2n) is 6.39. The van der Waals surface area contributed by atoms with Crippen molar-refractivity contribution in [2.45, 2.75) is 52.5 Å². The predicted molar refractivity (Wildman–Crippen MR) is 90.1 cm³/mol. The van der Waals surface area contributed by atoms with Crippen molar-refractivity contribution < 1.29 is 4.74 Å². The van der Waals surface area contributed by atoms with Crippen LogP contribution in [0.2, 0.25) is 0 Å². The van der Waals surface area contributed by atoms with Crippen molar-refractivity contribution in [1.82, 2.24) is 4.90 Å². The number of rotatable bonds is 8. The number of ether oxygens (including phenoxy) is 1. The van der Waals surface area contributed by atoms with Gasteiger partial charge >= 0.3 is 0 Å². The lowest BCUT2D eigenvalue weighted by molar-refractivity contribution is 0.217. The summed E-state index contributed by atoms with van der Waals surface area (Å²) in [6, 6.07) is 9.05. The van der Waals surface area contributed by atoms with Crippen LogP contribution in [0.25, 0.3) is 0 Å². The molecule has 0 radical (unpaired) electrons. The van der Waals surface area contributed by atoms with Crippen LogP contribution in [0.5, 0.6) is 5.75 Å². The Hall–Kier alpha value is -1.28. The van der Waals surface area contributed by atoms with Crippen LogP contribution >= 0.6 is 0 Å². The van der Waals surface area contributed by atoms with Gasteiger partial charge in [0.1, 0.15) is 12.4 Å². The zero-order valence-corrected chi connectivity index (χ0v) is 14.1. The Kier molecular flexibility index (Phi) is 5.46. The molecule has 1 aromatic rings. The molecule has 1 aliphatic rings. The molecule has 0 aromatic heterocycles. The van der Waals surface area contributed by atoms with E-state index in [1.807, 2.05) is 0 Å². The Morgan fingerprint density at radius 3 is 2.33 bits per heavy atom. The van der Waals surface area contributed by atoms with Crippen molar-refractivity contribution >= 4 is 0 Å². The molecule has 1 aromatic carbocycles. The first-order chi connectivity index (χ1) is 10.0. The van der Waals surface area contributed by atoms with Gasteiger partial charge in [-0.3, -0.25) is 4.90 Å². The molecule has 1 unspecified atom stereocenters. The van der Waals surface area contributed by atoms with E-state index in [4.69, 9.17) is 4.74 Å². The van der Waals surface area contributed by atoms with Gasteiger partial charge in [-0.15, -0.1) is 0 Å². The van der Waals surface area contributed by atoms with Crippen molar-refractivity contribution in [3.05, 3.63) is 41.0 Å². The van der Waals surface area contributed by atoms with Crippen LogP contribution in [0.4, 0.5) is 0 Å². The zero-order chi connectivity index (χ0) is 15.4. The lowest BCUT2D eigenvalue weighted by Crippen LogP contribution is -2.32. The van der Waals surface area contributed by atoms with Crippen molar-refractivity contribution in [1.29, 1.82) is 0 Å². The highest BCUT2D eigenvalue weighted by Gasteiger charge is 2.26. The van der Waals surface area contributed by atoms with Crippen molar-refractivity contribution in [3.8, 4) is 5.75 Å². The normalized spacial score (nSPS) is 15.8. The van der Waals surface area contributed by atoms with Crippen molar-refractivity contribution in [2.75, 3.05) is 20.2 Å². The van der Waals surface area contributed by atoms with Gasteiger partial charge < -0.3 is 4.74 Å². The molecule has 0 N–H and O–H groups in total. The maximum atomic E-state index is 5.86. The summed E-state index contributed by atoms with van der Waals surface area (Å²) < 4.78 is 5.86. The Morgan fingerprint density at radius 1 is 1.14 bits per heavy atom. The summed E-state index contributed by atoms with van der Waals surface area (Å²) in [4.78, 5) is 2.39. The highest BCUT2D eigenvalue weighted by molar-refractivity contribution is 5.38. The van der Waals surface area contributed by atoms with Crippen LogP contribution in [0.1, 0.15) is 52.0 Å². The number of hydrogen-bond donors (Lipinski definition) is 0. The van der Waals surface area contributed by atoms with E-state index in [2.05, 4.69) is 63.9 Å². The monoisotopic (exact) mass is 287 g/mol. The third-order valence-electron chi connectivity index (χ3n) is 4.58. The highest BCUT2D eigenvalue weighted by Crippen LogP contribution is 2.37. The summed E-state index contributed by atoms with van der Waals surface area (Å²) >= 11 is 0. The van der Waals surface area contributed by atoms with E-state index >= 15 is 0 Å². The standard InChI is InChI=1S/C19H29NO/c1-6-16-13-19(16)15(4)20(5)11-12-21-18-9-7-17(8-10-18)14(2)3/h7-10,14-15H,6,11-13H2,1-5H3. The number of nitrogens with zero attached hydrogens (tertiary/aromatic N) is 1. The van der Waals surface area contributed by atoms with Gasteiger partial charge in [0, 0.05) is 12.6 Å². The topological polar surface area (TPSA) is 12.5 Å². The van der Waals surface area contributed by atoms with Gasteiger partial charge in [-0.05, 0) is 56.0 Å². The molecule has 0 fully saturated rings. The second kappa shape index (κ2) is 7.13. The maximum Gasteiger partial charge on any atom is 0.119 e. The molecule has 0 spiro atoms. The molecule has 1 aliphatic carbocycles. The fourth-order valence-electron chi connectivity index (χ4n) is 2.70. The molecule has 21 heavy (non-hydrogen) atoms. The minimum Gasteiger partial charge on any atom is -0.492 e. The molecule has 1 atom stereocenters. The summed E-state index contributed by atoms with van der Waals surface area (Å²) in [5, 5.41) is 0. The second-order valence-corrected chi connectivity index (χ2v) is 6.39. The van der Waals surface area contributed by atoms with E-state index in [0.717, 1.165) is 18.9 Å². The first-order valence-corrected chi connectivity index (χ1v) is 8.16. The summed E-state index contributed by atoms with van der Waals surface area (Å²) in [5.74, 6) is 1.55. The van der Waals surface area contributed by atoms with Gasteiger partial charge in [0.15, 0.2) is 0 Å². The average Bonchev–Trinajstić information content (AvgIpc) is 3.26. The molecular weight excluding hydrogens is 258 g/mol. The lowest BCUT2D eigenvalue weighted by Gasteiger charge is -2.23. The minimum atomic E-state index is 0.562. The molecule has 0 saturated heterocycles. The first-order valence-electron chi connectivity index (χ1n) is 8.16. The molecule has 2 nitrogen and oxygen atoms in total. The summed E-state index contributed by atoms with van der Waals surface area (Å²) in [7, 11) is 2.19.